The summed E-state index contributed by atoms with van der Waals surface area (Å²) in [5.41, 5.74) is 0. The molecule has 0 radical (unpaired) electrons. The Kier molecular flexibility index (Phi) is 4.46. The molecule has 3 rings (SSSR count). The molecule has 8 heteroatoms. The van der Waals surface area contributed by atoms with E-state index in [2.05, 4.69) is 31.9 Å². The van der Waals surface area contributed by atoms with E-state index in [1.165, 1.54) is 4.31 Å². The highest BCUT2D eigenvalue weighted by Crippen LogP contribution is 2.35. The van der Waals surface area contributed by atoms with E-state index in [0.29, 0.717) is 43.6 Å². The van der Waals surface area contributed by atoms with Crippen LogP contribution in [-0.4, -0.2) is 44.8 Å². The minimum atomic E-state index is -3.50. The normalized spacial score (nSPS) is 22.8. The van der Waals surface area contributed by atoms with Gasteiger partial charge in [0.15, 0.2) is 5.79 Å². The molecule has 2 saturated heterocycles. The van der Waals surface area contributed by atoms with Crippen LogP contribution in [0.4, 0.5) is 0 Å². The van der Waals surface area contributed by atoms with Gasteiger partial charge in [-0.2, -0.15) is 4.31 Å². The third-order valence-electron chi connectivity index (χ3n) is 3.81. The van der Waals surface area contributed by atoms with Crippen LogP contribution in [0.25, 0.3) is 0 Å². The molecule has 0 amide bonds. The fraction of sp³-hybridized carbons (Fsp3) is 0.538. The van der Waals surface area contributed by atoms with Gasteiger partial charge in [0.25, 0.3) is 0 Å². The first kappa shape index (κ1) is 15.9. The van der Waals surface area contributed by atoms with Gasteiger partial charge in [0, 0.05) is 34.9 Å². The first-order valence-electron chi connectivity index (χ1n) is 6.66. The Labute approximate surface area is 140 Å². The van der Waals surface area contributed by atoms with E-state index in [9.17, 15) is 8.42 Å². The summed E-state index contributed by atoms with van der Waals surface area (Å²) in [6.07, 6.45) is 1.14. The number of nitrogens with zero attached hydrogens (tertiary/aromatic N) is 1. The zero-order valence-electron chi connectivity index (χ0n) is 11.2. The second-order valence-corrected chi connectivity index (χ2v) is 8.76. The molecule has 1 aromatic rings. The van der Waals surface area contributed by atoms with Crippen molar-refractivity contribution in [3.05, 3.63) is 27.1 Å². The largest absolute Gasteiger partial charge is 0.347 e. The maximum atomic E-state index is 12.7. The van der Waals surface area contributed by atoms with E-state index in [1.807, 2.05) is 0 Å². The van der Waals surface area contributed by atoms with Crippen LogP contribution in [0.1, 0.15) is 12.8 Å². The fourth-order valence-electron chi connectivity index (χ4n) is 2.68. The minimum Gasteiger partial charge on any atom is -0.347 e. The number of ether oxygens (including phenoxy) is 2. The lowest BCUT2D eigenvalue weighted by Gasteiger charge is -2.36. The molecule has 116 valence electrons. The summed E-state index contributed by atoms with van der Waals surface area (Å²) >= 11 is 6.65. The molecular weight excluding hydrogens is 426 g/mol. The predicted molar refractivity (Wildman–Crippen MR) is 84.5 cm³/mol. The lowest BCUT2D eigenvalue weighted by molar-refractivity contribution is -0.179. The topological polar surface area (TPSA) is 55.8 Å². The molecule has 2 aliphatic rings. The van der Waals surface area contributed by atoms with E-state index >= 15 is 0 Å². The Balaban J connectivity index is 1.80. The van der Waals surface area contributed by atoms with E-state index < -0.39 is 15.8 Å². The lowest BCUT2D eigenvalue weighted by Crippen LogP contribution is -2.47. The van der Waals surface area contributed by atoms with Gasteiger partial charge in [-0.3, -0.25) is 0 Å². The standard InChI is InChI=1S/C13H15Br2NO4S/c14-10-1-2-12(11(15)9-10)21(17,18)16-5-3-13(4-6-16)19-7-8-20-13/h1-2,9H,3-8H2. The molecule has 2 aliphatic heterocycles. The molecule has 21 heavy (non-hydrogen) atoms. The molecule has 0 atom stereocenters. The van der Waals surface area contributed by atoms with E-state index in [0.717, 1.165) is 4.47 Å². The van der Waals surface area contributed by atoms with Gasteiger partial charge in [-0.1, -0.05) is 15.9 Å². The molecule has 0 aliphatic carbocycles. The van der Waals surface area contributed by atoms with Gasteiger partial charge >= 0.3 is 0 Å². The van der Waals surface area contributed by atoms with Gasteiger partial charge in [0.2, 0.25) is 10.0 Å². The van der Waals surface area contributed by atoms with Gasteiger partial charge in [0.05, 0.1) is 18.1 Å². The first-order chi connectivity index (χ1) is 9.93. The smallest absolute Gasteiger partial charge is 0.244 e. The van der Waals surface area contributed by atoms with Crippen molar-refractivity contribution in [1.29, 1.82) is 0 Å². The molecule has 0 unspecified atom stereocenters. The Hall–Kier alpha value is 0.01000. The number of benzene rings is 1. The van der Waals surface area contributed by atoms with Crippen molar-refractivity contribution in [2.75, 3.05) is 26.3 Å². The van der Waals surface area contributed by atoms with Gasteiger partial charge in [-0.05, 0) is 34.1 Å². The summed E-state index contributed by atoms with van der Waals surface area (Å²) in [7, 11) is -3.50. The average molecular weight is 441 g/mol. The Morgan fingerprint density at radius 1 is 1.10 bits per heavy atom. The summed E-state index contributed by atoms with van der Waals surface area (Å²) in [4.78, 5) is 0.287. The van der Waals surface area contributed by atoms with E-state index in [4.69, 9.17) is 9.47 Å². The minimum absolute atomic E-state index is 0.287. The fourth-order valence-corrected chi connectivity index (χ4v) is 5.82. The van der Waals surface area contributed by atoms with Crippen LogP contribution in [0.5, 0.6) is 0 Å². The van der Waals surface area contributed by atoms with Crippen molar-refractivity contribution < 1.29 is 17.9 Å². The maximum Gasteiger partial charge on any atom is 0.244 e. The van der Waals surface area contributed by atoms with Crippen molar-refractivity contribution in [2.45, 2.75) is 23.5 Å². The second-order valence-electron chi connectivity index (χ2n) is 5.09. The molecular formula is C13H15Br2NO4S. The van der Waals surface area contributed by atoms with Crippen LogP contribution in [0, 0.1) is 0 Å². The predicted octanol–water partition coefficient (Wildman–Crippen LogP) is 2.74. The summed E-state index contributed by atoms with van der Waals surface area (Å²) in [5, 5.41) is 0. The lowest BCUT2D eigenvalue weighted by atomic mass is 10.1. The Bertz CT molecular complexity index is 634. The van der Waals surface area contributed by atoms with Crippen molar-refractivity contribution in [1.82, 2.24) is 4.31 Å². The van der Waals surface area contributed by atoms with Gasteiger partial charge < -0.3 is 9.47 Å². The van der Waals surface area contributed by atoms with Crippen molar-refractivity contribution in [2.24, 2.45) is 0 Å². The molecule has 2 fully saturated rings. The highest BCUT2D eigenvalue weighted by Gasteiger charge is 2.42. The second kappa shape index (κ2) is 5.90. The van der Waals surface area contributed by atoms with Crippen molar-refractivity contribution in [3.63, 3.8) is 0 Å². The summed E-state index contributed by atoms with van der Waals surface area (Å²) in [5.74, 6) is -0.566. The molecule has 1 aromatic carbocycles. The highest BCUT2D eigenvalue weighted by atomic mass is 79.9. The zero-order chi connectivity index (χ0) is 15.1. The zero-order valence-corrected chi connectivity index (χ0v) is 15.2. The quantitative estimate of drug-likeness (QED) is 0.709. The third kappa shape index (κ3) is 3.07. The van der Waals surface area contributed by atoms with Crippen molar-refractivity contribution in [3.8, 4) is 0 Å². The number of sulfonamides is 1. The molecule has 0 N–H and O–H groups in total. The SMILES string of the molecule is O=S(=O)(c1ccc(Br)cc1Br)N1CCC2(CC1)OCCO2. The van der Waals surface area contributed by atoms with Gasteiger partial charge in [0.1, 0.15) is 0 Å². The third-order valence-corrected chi connectivity index (χ3v) is 7.18. The summed E-state index contributed by atoms with van der Waals surface area (Å²) in [6, 6.07) is 5.07. The van der Waals surface area contributed by atoms with Crippen LogP contribution >= 0.6 is 31.9 Å². The van der Waals surface area contributed by atoms with Crippen LogP contribution in [0.2, 0.25) is 0 Å². The summed E-state index contributed by atoms with van der Waals surface area (Å²) in [6.45, 7) is 1.99. The monoisotopic (exact) mass is 439 g/mol. The molecule has 5 nitrogen and oxygen atoms in total. The van der Waals surface area contributed by atoms with Gasteiger partial charge in [-0.15, -0.1) is 0 Å². The molecule has 2 heterocycles. The molecule has 0 bridgehead atoms. The van der Waals surface area contributed by atoms with Crippen LogP contribution < -0.4 is 0 Å². The van der Waals surface area contributed by atoms with E-state index in [1.54, 1.807) is 18.2 Å². The number of rotatable bonds is 2. The number of piperidine rings is 1. The van der Waals surface area contributed by atoms with Crippen LogP contribution in [-0.2, 0) is 19.5 Å². The maximum absolute atomic E-state index is 12.7. The van der Waals surface area contributed by atoms with Gasteiger partial charge in [-0.25, -0.2) is 8.42 Å². The Morgan fingerprint density at radius 2 is 1.71 bits per heavy atom. The number of halogens is 2. The average Bonchev–Trinajstić information content (AvgIpc) is 2.87. The van der Waals surface area contributed by atoms with E-state index in [-0.39, 0.29) is 4.90 Å². The molecule has 0 aromatic heterocycles. The van der Waals surface area contributed by atoms with Crippen LogP contribution in [0.3, 0.4) is 0 Å². The number of hydrogen-bond acceptors (Lipinski definition) is 4. The first-order valence-corrected chi connectivity index (χ1v) is 9.69. The highest BCUT2D eigenvalue weighted by molar-refractivity contribution is 9.11. The summed E-state index contributed by atoms with van der Waals surface area (Å²) < 4.78 is 39.6. The number of hydrogen-bond donors (Lipinski definition) is 0. The molecule has 1 spiro atoms. The van der Waals surface area contributed by atoms with Crippen molar-refractivity contribution >= 4 is 41.9 Å². The van der Waals surface area contributed by atoms with Crippen LogP contribution in [0.15, 0.2) is 32.0 Å². The molecule has 0 saturated carbocycles. The Morgan fingerprint density at radius 3 is 2.29 bits per heavy atom.